The van der Waals surface area contributed by atoms with Gasteiger partial charge in [0.25, 0.3) is 0 Å². The van der Waals surface area contributed by atoms with Gasteiger partial charge in [0.05, 0.1) is 34.4 Å². The molecular weight excluding hydrogens is 370 g/mol. The fraction of sp³-hybridized carbons (Fsp3) is 0.409. The van der Waals surface area contributed by atoms with Gasteiger partial charge in [-0.15, -0.1) is 0 Å². The minimum atomic E-state index is -0.0729. The van der Waals surface area contributed by atoms with Crippen LogP contribution in [0.15, 0.2) is 47.5 Å². The molecule has 0 aliphatic carbocycles. The van der Waals surface area contributed by atoms with E-state index in [1.807, 2.05) is 56.3 Å². The van der Waals surface area contributed by atoms with Gasteiger partial charge in [0, 0.05) is 6.54 Å². The molecular formula is C22H31N3O4. The van der Waals surface area contributed by atoms with E-state index in [0.29, 0.717) is 30.3 Å². The van der Waals surface area contributed by atoms with E-state index in [-0.39, 0.29) is 6.10 Å². The molecule has 0 aliphatic rings. The summed E-state index contributed by atoms with van der Waals surface area (Å²) in [6.07, 6.45) is -0.0729. The standard InChI is InChI=1S/C22H31N3O4/c1-6-23-22(25-15-17-11-12-19(27-4)21(13-17)28-5)24-14-16(2)29-20-10-8-7-9-18(20)26-3/h7-13,16H,6,14-15H2,1-5H3,(H2,23,24,25). The smallest absolute Gasteiger partial charge is 0.191 e. The van der Waals surface area contributed by atoms with Crippen molar-refractivity contribution < 1.29 is 18.9 Å². The van der Waals surface area contributed by atoms with E-state index in [9.17, 15) is 0 Å². The van der Waals surface area contributed by atoms with E-state index >= 15 is 0 Å². The fourth-order valence-corrected chi connectivity index (χ4v) is 2.71. The summed E-state index contributed by atoms with van der Waals surface area (Å²) in [5, 5.41) is 6.57. The van der Waals surface area contributed by atoms with Crippen molar-refractivity contribution in [2.24, 2.45) is 4.99 Å². The van der Waals surface area contributed by atoms with Gasteiger partial charge in [-0.3, -0.25) is 0 Å². The van der Waals surface area contributed by atoms with E-state index in [1.165, 1.54) is 0 Å². The Kier molecular flexibility index (Phi) is 8.95. The number of ether oxygens (including phenoxy) is 4. The molecule has 2 aromatic rings. The second-order valence-electron chi connectivity index (χ2n) is 6.34. The Morgan fingerprint density at radius 3 is 2.21 bits per heavy atom. The second kappa shape index (κ2) is 11.7. The third kappa shape index (κ3) is 6.78. The number of guanidine groups is 1. The molecule has 0 radical (unpaired) electrons. The first-order valence-corrected chi connectivity index (χ1v) is 9.64. The van der Waals surface area contributed by atoms with Crippen molar-refractivity contribution in [1.29, 1.82) is 0 Å². The van der Waals surface area contributed by atoms with Gasteiger partial charge in [-0.1, -0.05) is 18.2 Å². The first-order chi connectivity index (χ1) is 14.1. The maximum absolute atomic E-state index is 5.98. The van der Waals surface area contributed by atoms with Gasteiger partial charge in [0.15, 0.2) is 29.0 Å². The van der Waals surface area contributed by atoms with E-state index in [2.05, 4.69) is 15.6 Å². The lowest BCUT2D eigenvalue weighted by Gasteiger charge is -2.19. The van der Waals surface area contributed by atoms with E-state index in [1.54, 1.807) is 21.3 Å². The van der Waals surface area contributed by atoms with Crippen LogP contribution < -0.4 is 29.6 Å². The number of methoxy groups -OCH3 is 3. The Balaban J connectivity index is 1.96. The Labute approximate surface area is 173 Å². The van der Waals surface area contributed by atoms with Crippen molar-refractivity contribution in [3.63, 3.8) is 0 Å². The zero-order valence-electron chi connectivity index (χ0n) is 17.8. The Morgan fingerprint density at radius 2 is 1.55 bits per heavy atom. The molecule has 0 spiro atoms. The van der Waals surface area contributed by atoms with Crippen LogP contribution >= 0.6 is 0 Å². The summed E-state index contributed by atoms with van der Waals surface area (Å²) in [4.78, 5) is 4.65. The van der Waals surface area contributed by atoms with Crippen LogP contribution in [0.2, 0.25) is 0 Å². The number of rotatable bonds is 10. The van der Waals surface area contributed by atoms with Crippen LogP contribution in [-0.2, 0) is 6.54 Å². The number of nitrogens with one attached hydrogen (secondary N) is 2. The molecule has 0 aromatic heterocycles. The van der Waals surface area contributed by atoms with Crippen molar-refractivity contribution in [1.82, 2.24) is 10.6 Å². The van der Waals surface area contributed by atoms with Gasteiger partial charge in [-0.2, -0.15) is 0 Å². The molecule has 2 N–H and O–H groups in total. The van der Waals surface area contributed by atoms with Gasteiger partial charge in [0.1, 0.15) is 6.10 Å². The third-order valence-corrected chi connectivity index (χ3v) is 4.17. The molecule has 0 bridgehead atoms. The average Bonchev–Trinajstić information content (AvgIpc) is 2.75. The molecule has 0 fully saturated rings. The number of hydrogen-bond donors (Lipinski definition) is 2. The zero-order chi connectivity index (χ0) is 21.1. The summed E-state index contributed by atoms with van der Waals surface area (Å²) in [5.41, 5.74) is 1.03. The minimum absolute atomic E-state index is 0.0729. The molecule has 158 valence electrons. The van der Waals surface area contributed by atoms with E-state index in [0.717, 1.165) is 23.8 Å². The average molecular weight is 402 g/mol. The van der Waals surface area contributed by atoms with Gasteiger partial charge in [-0.25, -0.2) is 4.99 Å². The lowest BCUT2D eigenvalue weighted by atomic mass is 10.2. The fourth-order valence-electron chi connectivity index (χ4n) is 2.71. The number of benzene rings is 2. The first-order valence-electron chi connectivity index (χ1n) is 9.64. The first kappa shape index (κ1) is 22.2. The largest absolute Gasteiger partial charge is 0.493 e. The molecule has 2 rings (SSSR count). The lowest BCUT2D eigenvalue weighted by molar-refractivity contribution is 0.213. The van der Waals surface area contributed by atoms with Crippen LogP contribution in [0, 0.1) is 0 Å². The minimum Gasteiger partial charge on any atom is -0.493 e. The molecule has 2 aromatic carbocycles. The van der Waals surface area contributed by atoms with E-state index < -0.39 is 0 Å². The molecule has 0 saturated carbocycles. The van der Waals surface area contributed by atoms with Crippen LogP contribution in [0.4, 0.5) is 0 Å². The number of aliphatic imine (C=N–C) groups is 1. The normalized spacial score (nSPS) is 12.1. The number of nitrogens with zero attached hydrogens (tertiary/aromatic N) is 1. The topological polar surface area (TPSA) is 73.3 Å². The van der Waals surface area contributed by atoms with Crippen molar-refractivity contribution in [2.45, 2.75) is 26.5 Å². The van der Waals surface area contributed by atoms with E-state index in [4.69, 9.17) is 18.9 Å². The monoisotopic (exact) mass is 401 g/mol. The van der Waals surface area contributed by atoms with Gasteiger partial charge < -0.3 is 29.6 Å². The molecule has 1 atom stereocenters. The van der Waals surface area contributed by atoms with Crippen LogP contribution in [0.5, 0.6) is 23.0 Å². The van der Waals surface area contributed by atoms with Crippen molar-refractivity contribution >= 4 is 5.96 Å². The van der Waals surface area contributed by atoms with Crippen LogP contribution in [-0.4, -0.2) is 46.5 Å². The molecule has 7 heteroatoms. The predicted molar refractivity (Wildman–Crippen MR) is 115 cm³/mol. The SMILES string of the molecule is CCNC(=NCc1ccc(OC)c(OC)c1)NCC(C)Oc1ccccc1OC. The highest BCUT2D eigenvalue weighted by Crippen LogP contribution is 2.28. The molecule has 0 aliphatic heterocycles. The van der Waals surface area contributed by atoms with Crippen molar-refractivity contribution in [3.8, 4) is 23.0 Å². The molecule has 0 saturated heterocycles. The van der Waals surface area contributed by atoms with Gasteiger partial charge in [-0.05, 0) is 43.7 Å². The summed E-state index contributed by atoms with van der Waals surface area (Å²) in [5.74, 6) is 3.55. The molecule has 29 heavy (non-hydrogen) atoms. The van der Waals surface area contributed by atoms with Gasteiger partial charge in [0.2, 0.25) is 0 Å². The highest BCUT2D eigenvalue weighted by atomic mass is 16.5. The maximum Gasteiger partial charge on any atom is 0.191 e. The zero-order valence-corrected chi connectivity index (χ0v) is 17.8. The molecule has 1 unspecified atom stereocenters. The molecule has 0 amide bonds. The Bertz CT molecular complexity index is 795. The number of hydrogen-bond acceptors (Lipinski definition) is 5. The highest BCUT2D eigenvalue weighted by Gasteiger charge is 2.10. The molecule has 7 nitrogen and oxygen atoms in total. The summed E-state index contributed by atoms with van der Waals surface area (Å²) in [7, 11) is 4.88. The van der Waals surface area contributed by atoms with Crippen LogP contribution in [0.3, 0.4) is 0 Å². The summed E-state index contributed by atoms with van der Waals surface area (Å²) in [6.45, 7) is 5.90. The van der Waals surface area contributed by atoms with Crippen LogP contribution in [0.25, 0.3) is 0 Å². The van der Waals surface area contributed by atoms with Crippen molar-refractivity contribution in [3.05, 3.63) is 48.0 Å². The number of para-hydroxylation sites is 2. The van der Waals surface area contributed by atoms with Gasteiger partial charge >= 0.3 is 0 Å². The summed E-state index contributed by atoms with van der Waals surface area (Å²) < 4.78 is 21.9. The third-order valence-electron chi connectivity index (χ3n) is 4.17. The van der Waals surface area contributed by atoms with Crippen LogP contribution in [0.1, 0.15) is 19.4 Å². The Hall–Kier alpha value is -3.09. The Morgan fingerprint density at radius 1 is 0.897 bits per heavy atom. The quantitative estimate of drug-likeness (QED) is 0.470. The molecule has 0 heterocycles. The second-order valence-corrected chi connectivity index (χ2v) is 6.34. The summed E-state index contributed by atoms with van der Waals surface area (Å²) >= 11 is 0. The lowest BCUT2D eigenvalue weighted by Crippen LogP contribution is -2.41. The maximum atomic E-state index is 5.98. The highest BCUT2D eigenvalue weighted by molar-refractivity contribution is 5.79. The van der Waals surface area contributed by atoms with Crippen molar-refractivity contribution in [2.75, 3.05) is 34.4 Å². The summed E-state index contributed by atoms with van der Waals surface area (Å²) in [6, 6.07) is 13.4. The predicted octanol–water partition coefficient (Wildman–Crippen LogP) is 3.24.